The van der Waals surface area contributed by atoms with Crippen LogP contribution in [0.2, 0.25) is 0 Å². The van der Waals surface area contributed by atoms with E-state index in [9.17, 15) is 23.7 Å². The summed E-state index contributed by atoms with van der Waals surface area (Å²) in [7, 11) is -1.44. The first-order chi connectivity index (χ1) is 12.9. The van der Waals surface area contributed by atoms with Gasteiger partial charge in [-0.1, -0.05) is 12.2 Å². The summed E-state index contributed by atoms with van der Waals surface area (Å²) < 4.78 is 38.2. The van der Waals surface area contributed by atoms with Crippen LogP contribution < -0.4 is 11.2 Å². The maximum Gasteiger partial charge on any atom is 0.330 e. The van der Waals surface area contributed by atoms with Crippen molar-refractivity contribution in [3.05, 3.63) is 33.1 Å². The van der Waals surface area contributed by atoms with Crippen molar-refractivity contribution in [1.29, 1.82) is 0 Å². The molecule has 150 valence electrons. The number of hydrogen-bond acceptors (Lipinski definition) is 10. The Morgan fingerprint density at radius 1 is 1.33 bits per heavy atom. The zero-order chi connectivity index (χ0) is 20.0. The molecule has 0 radical (unpaired) electrons. The third kappa shape index (κ3) is 5.30. The molecule has 1 aliphatic rings. The van der Waals surface area contributed by atoms with E-state index in [1.54, 1.807) is 0 Å². The average molecular weight is 424 g/mol. The van der Waals surface area contributed by atoms with Gasteiger partial charge in [-0.3, -0.25) is 28.5 Å². The highest BCUT2D eigenvalue weighted by molar-refractivity contribution is 8.39. The Labute approximate surface area is 157 Å². The van der Waals surface area contributed by atoms with E-state index in [1.807, 2.05) is 0 Å². The largest absolute Gasteiger partial charge is 0.427 e. The molecule has 1 aliphatic heterocycles. The standard InChI is InChI=1S/C13H17N2O10PS/c1-21-11-10(25-26(20)27)7(4-9(22-5-16)23-6-17)24-12(11)15-3-2-8(18)14-13(15)19/h2-3,5-7,9-12,26H,4H2,1H3,(H,20,27)(H,14,18,19)/t7-,10+,11?,12-/m1/s1. The van der Waals surface area contributed by atoms with Crippen molar-refractivity contribution in [3.63, 3.8) is 0 Å². The SMILES string of the molecule is COC1[C@@H](O[PH](=O)S)[C@@H](CC(OC=O)OC=O)O[C@H]1n1ccc(=O)[nH]c1=O. The van der Waals surface area contributed by atoms with Crippen molar-refractivity contribution < 1.29 is 37.6 Å². The molecular weight excluding hydrogens is 407 g/mol. The number of ether oxygens (including phenoxy) is 4. The molecule has 0 spiro atoms. The van der Waals surface area contributed by atoms with E-state index in [0.717, 1.165) is 10.6 Å². The van der Waals surface area contributed by atoms with E-state index in [-0.39, 0.29) is 19.4 Å². The first-order valence-corrected chi connectivity index (χ1v) is 10.1. The number of thiol groups is 1. The van der Waals surface area contributed by atoms with Crippen LogP contribution in [0.25, 0.3) is 0 Å². The molecule has 5 atom stereocenters. The highest BCUT2D eigenvalue weighted by Gasteiger charge is 2.49. The second kappa shape index (κ2) is 9.85. The predicted molar refractivity (Wildman–Crippen MR) is 91.6 cm³/mol. The lowest BCUT2D eigenvalue weighted by Gasteiger charge is -2.23. The predicted octanol–water partition coefficient (Wildman–Crippen LogP) is -0.784. The van der Waals surface area contributed by atoms with Gasteiger partial charge in [0.05, 0.1) is 12.5 Å². The number of methoxy groups -OCH3 is 1. The summed E-state index contributed by atoms with van der Waals surface area (Å²) in [5.74, 6) is 0. The lowest BCUT2D eigenvalue weighted by molar-refractivity contribution is -0.177. The minimum atomic E-state index is -2.75. The van der Waals surface area contributed by atoms with Crippen LogP contribution in [0.5, 0.6) is 0 Å². The molecular formula is C13H17N2O10PS. The van der Waals surface area contributed by atoms with Gasteiger partial charge in [-0.2, -0.15) is 0 Å². The number of carbonyl (C=O) groups excluding carboxylic acids is 2. The highest BCUT2D eigenvalue weighted by atomic mass is 32.7. The first kappa shape index (κ1) is 21.4. The molecule has 1 aromatic rings. The lowest BCUT2D eigenvalue weighted by Crippen LogP contribution is -2.39. The monoisotopic (exact) mass is 424 g/mol. The molecule has 2 rings (SSSR count). The third-order valence-electron chi connectivity index (χ3n) is 3.76. The van der Waals surface area contributed by atoms with Gasteiger partial charge in [0.1, 0.15) is 12.2 Å². The summed E-state index contributed by atoms with van der Waals surface area (Å²) in [6.07, 6.45) is -4.27. The molecule has 1 saturated heterocycles. The Morgan fingerprint density at radius 2 is 2.00 bits per heavy atom. The number of aromatic nitrogens is 2. The molecule has 0 saturated carbocycles. The van der Waals surface area contributed by atoms with Gasteiger partial charge in [-0.05, 0) is 0 Å². The van der Waals surface area contributed by atoms with E-state index in [0.29, 0.717) is 0 Å². The van der Waals surface area contributed by atoms with E-state index < -0.39 is 49.3 Å². The van der Waals surface area contributed by atoms with Crippen LogP contribution in [0.3, 0.4) is 0 Å². The Bertz CT molecular complexity index is 788. The highest BCUT2D eigenvalue weighted by Crippen LogP contribution is 2.41. The number of hydrogen-bond donors (Lipinski definition) is 2. The average Bonchev–Trinajstić information content (AvgIpc) is 2.92. The molecule has 0 aromatic carbocycles. The molecule has 1 fully saturated rings. The Morgan fingerprint density at radius 3 is 2.52 bits per heavy atom. The summed E-state index contributed by atoms with van der Waals surface area (Å²) >= 11 is 3.74. The second-order valence-electron chi connectivity index (χ2n) is 5.26. The van der Waals surface area contributed by atoms with Gasteiger partial charge < -0.3 is 23.5 Å². The van der Waals surface area contributed by atoms with Gasteiger partial charge in [-0.15, -0.1) is 0 Å². The zero-order valence-corrected chi connectivity index (χ0v) is 15.8. The zero-order valence-electron chi connectivity index (χ0n) is 13.9. The number of H-pyrrole nitrogens is 1. The topological polar surface area (TPSA) is 152 Å². The van der Waals surface area contributed by atoms with Crippen LogP contribution in [-0.2, 0) is 37.6 Å². The molecule has 14 heteroatoms. The molecule has 0 aliphatic carbocycles. The molecule has 27 heavy (non-hydrogen) atoms. The van der Waals surface area contributed by atoms with Crippen LogP contribution in [0.4, 0.5) is 0 Å². The van der Waals surface area contributed by atoms with Crippen molar-refractivity contribution in [2.24, 2.45) is 0 Å². The molecule has 2 unspecified atom stereocenters. The fraction of sp³-hybridized carbons (Fsp3) is 0.538. The Hall–Kier alpha value is -1.92. The molecule has 0 bridgehead atoms. The lowest BCUT2D eigenvalue weighted by atomic mass is 10.1. The summed E-state index contributed by atoms with van der Waals surface area (Å²) in [6.45, 7) is 0.163. The van der Waals surface area contributed by atoms with Crippen LogP contribution in [0.15, 0.2) is 21.9 Å². The van der Waals surface area contributed by atoms with Crippen LogP contribution in [0, 0.1) is 0 Å². The number of aromatic amines is 1. The molecule has 0 amide bonds. The van der Waals surface area contributed by atoms with E-state index in [1.165, 1.54) is 13.3 Å². The maximum atomic E-state index is 12.1. The van der Waals surface area contributed by atoms with Gasteiger partial charge in [0.25, 0.3) is 18.5 Å². The number of carbonyl (C=O) groups is 2. The third-order valence-corrected chi connectivity index (χ3v) is 4.55. The smallest absolute Gasteiger partial charge is 0.330 e. The maximum absolute atomic E-state index is 12.1. The quantitative estimate of drug-likeness (QED) is 0.212. The first-order valence-electron chi connectivity index (χ1n) is 7.48. The molecule has 1 N–H and O–H groups in total. The molecule has 12 nitrogen and oxygen atoms in total. The summed E-state index contributed by atoms with van der Waals surface area (Å²) in [6, 6.07) is 1.11. The van der Waals surface area contributed by atoms with Crippen molar-refractivity contribution in [2.45, 2.75) is 37.3 Å². The van der Waals surface area contributed by atoms with Crippen molar-refractivity contribution in [1.82, 2.24) is 9.55 Å². The van der Waals surface area contributed by atoms with Gasteiger partial charge >= 0.3 is 5.69 Å². The van der Waals surface area contributed by atoms with Gasteiger partial charge in [0, 0.05) is 19.4 Å². The van der Waals surface area contributed by atoms with Crippen LogP contribution in [0.1, 0.15) is 12.6 Å². The number of nitrogens with zero attached hydrogens (tertiary/aromatic N) is 1. The minimum Gasteiger partial charge on any atom is -0.427 e. The number of nitrogens with one attached hydrogen (secondary N) is 1. The van der Waals surface area contributed by atoms with E-state index in [4.69, 9.17) is 14.0 Å². The fourth-order valence-electron chi connectivity index (χ4n) is 2.72. The molecule has 2 heterocycles. The summed E-state index contributed by atoms with van der Waals surface area (Å²) in [5.41, 5.74) is -1.37. The van der Waals surface area contributed by atoms with Crippen LogP contribution >= 0.6 is 19.5 Å². The van der Waals surface area contributed by atoms with Crippen molar-refractivity contribution in [2.75, 3.05) is 7.11 Å². The Balaban J connectivity index is 2.35. The van der Waals surface area contributed by atoms with E-state index in [2.05, 4.69) is 26.7 Å². The fourth-order valence-corrected chi connectivity index (χ4v) is 3.60. The Kier molecular flexibility index (Phi) is 7.80. The van der Waals surface area contributed by atoms with E-state index >= 15 is 0 Å². The minimum absolute atomic E-state index is 0.0815. The van der Waals surface area contributed by atoms with Crippen LogP contribution in [-0.4, -0.2) is 54.2 Å². The summed E-state index contributed by atoms with van der Waals surface area (Å²) in [5, 5.41) is 0. The summed E-state index contributed by atoms with van der Waals surface area (Å²) in [4.78, 5) is 46.5. The van der Waals surface area contributed by atoms with Gasteiger partial charge in [-0.25, -0.2) is 4.79 Å². The number of rotatable bonds is 10. The van der Waals surface area contributed by atoms with Gasteiger partial charge in [0.15, 0.2) is 6.23 Å². The van der Waals surface area contributed by atoms with Crippen molar-refractivity contribution >= 4 is 32.4 Å². The molecule has 1 aromatic heterocycles. The second-order valence-corrected chi connectivity index (χ2v) is 7.12. The van der Waals surface area contributed by atoms with Gasteiger partial charge in [0.2, 0.25) is 13.5 Å². The normalized spacial score (nSPS) is 25.9. The van der Waals surface area contributed by atoms with Crippen molar-refractivity contribution in [3.8, 4) is 0 Å².